The van der Waals surface area contributed by atoms with E-state index >= 15 is 0 Å². The molecule has 96 valence electrons. The molecule has 17 heavy (non-hydrogen) atoms. The second-order valence-electron chi connectivity index (χ2n) is 3.55. The van der Waals surface area contributed by atoms with Crippen LogP contribution in [-0.4, -0.2) is 19.3 Å². The second-order valence-corrected chi connectivity index (χ2v) is 4.40. The van der Waals surface area contributed by atoms with Crippen molar-refractivity contribution in [1.29, 1.82) is 0 Å². The fourth-order valence-corrected chi connectivity index (χ4v) is 1.80. The zero-order valence-corrected chi connectivity index (χ0v) is 11.1. The number of nitrogens with two attached hydrogens (primary N) is 1. The first-order valence-corrected chi connectivity index (χ1v) is 6.05. The van der Waals surface area contributed by atoms with Crippen molar-refractivity contribution >= 4 is 15.9 Å². The highest BCUT2D eigenvalue weighted by Crippen LogP contribution is 2.22. The molecule has 3 nitrogen and oxygen atoms in total. The van der Waals surface area contributed by atoms with Crippen molar-refractivity contribution in [3.8, 4) is 0 Å². The number of benzene rings is 1. The third-order valence-corrected chi connectivity index (χ3v) is 2.96. The number of hydrogen-bond donors (Lipinski definition) is 2. The first-order chi connectivity index (χ1) is 8.10. The van der Waals surface area contributed by atoms with Crippen LogP contribution in [0, 0.1) is 11.6 Å². The van der Waals surface area contributed by atoms with Crippen LogP contribution in [0.4, 0.5) is 8.78 Å². The number of rotatable bonds is 6. The van der Waals surface area contributed by atoms with Crippen LogP contribution < -0.4 is 11.3 Å². The Morgan fingerprint density at radius 2 is 2.18 bits per heavy atom. The van der Waals surface area contributed by atoms with Gasteiger partial charge < -0.3 is 4.74 Å². The normalized spacial score (nSPS) is 12.8. The van der Waals surface area contributed by atoms with Crippen molar-refractivity contribution in [3.63, 3.8) is 0 Å². The molecule has 0 amide bonds. The van der Waals surface area contributed by atoms with Crippen LogP contribution in [0.1, 0.15) is 12.5 Å². The molecule has 0 bridgehead atoms. The lowest BCUT2D eigenvalue weighted by Gasteiger charge is -2.16. The molecule has 0 aromatic heterocycles. The van der Waals surface area contributed by atoms with Gasteiger partial charge in [0.2, 0.25) is 0 Å². The predicted octanol–water partition coefficient (Wildman–Crippen LogP) is 2.14. The third kappa shape index (κ3) is 3.99. The molecule has 1 unspecified atom stereocenters. The number of hydrazine groups is 1. The first kappa shape index (κ1) is 14.5. The van der Waals surface area contributed by atoms with Gasteiger partial charge in [-0.25, -0.2) is 8.78 Å². The molecule has 1 atom stereocenters. The first-order valence-electron chi connectivity index (χ1n) is 5.26. The van der Waals surface area contributed by atoms with Crippen molar-refractivity contribution in [2.24, 2.45) is 5.84 Å². The van der Waals surface area contributed by atoms with Crippen molar-refractivity contribution in [1.82, 2.24) is 5.43 Å². The van der Waals surface area contributed by atoms with Gasteiger partial charge in [0.1, 0.15) is 11.6 Å². The Labute approximate surface area is 107 Å². The molecule has 0 aliphatic rings. The molecule has 0 radical (unpaired) electrons. The van der Waals surface area contributed by atoms with Gasteiger partial charge in [-0.3, -0.25) is 11.3 Å². The Morgan fingerprint density at radius 1 is 1.47 bits per heavy atom. The highest BCUT2D eigenvalue weighted by molar-refractivity contribution is 9.10. The lowest BCUT2D eigenvalue weighted by molar-refractivity contribution is 0.122. The molecule has 0 fully saturated rings. The van der Waals surface area contributed by atoms with Gasteiger partial charge in [0.05, 0.1) is 11.1 Å². The Hall–Kier alpha value is -0.560. The van der Waals surface area contributed by atoms with E-state index in [9.17, 15) is 8.78 Å². The molecular formula is C11H15BrF2N2O. The van der Waals surface area contributed by atoms with Crippen molar-refractivity contribution in [2.75, 3.05) is 13.2 Å². The van der Waals surface area contributed by atoms with Gasteiger partial charge in [0, 0.05) is 18.2 Å². The summed E-state index contributed by atoms with van der Waals surface area (Å²) in [6, 6.07) is 2.23. The average Bonchev–Trinajstić information content (AvgIpc) is 2.33. The summed E-state index contributed by atoms with van der Waals surface area (Å²) in [5, 5.41) is 0. The highest BCUT2D eigenvalue weighted by atomic mass is 79.9. The van der Waals surface area contributed by atoms with Gasteiger partial charge in [-0.15, -0.1) is 0 Å². The lowest BCUT2D eigenvalue weighted by Crippen LogP contribution is -2.40. The zero-order chi connectivity index (χ0) is 12.8. The van der Waals surface area contributed by atoms with Crippen molar-refractivity contribution in [2.45, 2.75) is 19.4 Å². The maximum Gasteiger partial charge on any atom is 0.143 e. The van der Waals surface area contributed by atoms with E-state index in [0.717, 1.165) is 0 Å². The van der Waals surface area contributed by atoms with Crippen LogP contribution in [0.15, 0.2) is 16.6 Å². The largest absolute Gasteiger partial charge is 0.380 e. The van der Waals surface area contributed by atoms with E-state index in [0.29, 0.717) is 13.2 Å². The smallest absolute Gasteiger partial charge is 0.143 e. The predicted molar refractivity (Wildman–Crippen MR) is 65.4 cm³/mol. The Morgan fingerprint density at radius 3 is 2.76 bits per heavy atom. The van der Waals surface area contributed by atoms with Gasteiger partial charge in [-0.05, 0) is 41.4 Å². The fraction of sp³-hybridized carbons (Fsp3) is 0.455. The lowest BCUT2D eigenvalue weighted by atomic mass is 10.1. The van der Waals surface area contributed by atoms with E-state index in [-0.39, 0.29) is 22.5 Å². The van der Waals surface area contributed by atoms with Gasteiger partial charge in [0.15, 0.2) is 0 Å². The summed E-state index contributed by atoms with van der Waals surface area (Å²) in [5.41, 5.74) is 2.49. The fourth-order valence-electron chi connectivity index (χ4n) is 1.43. The number of halogens is 3. The molecule has 0 saturated carbocycles. The number of hydrogen-bond acceptors (Lipinski definition) is 3. The SMILES string of the molecule is CCOCC(Cc1c(F)ccc(Br)c1F)NN. The second kappa shape index (κ2) is 7.00. The summed E-state index contributed by atoms with van der Waals surface area (Å²) in [6.07, 6.45) is 0.133. The molecule has 1 aromatic carbocycles. The van der Waals surface area contributed by atoms with Crippen LogP contribution in [0.2, 0.25) is 0 Å². The van der Waals surface area contributed by atoms with E-state index in [2.05, 4.69) is 21.4 Å². The molecule has 0 saturated heterocycles. The van der Waals surface area contributed by atoms with Crippen molar-refractivity contribution < 1.29 is 13.5 Å². The summed E-state index contributed by atoms with van der Waals surface area (Å²) in [4.78, 5) is 0. The van der Waals surface area contributed by atoms with E-state index in [1.54, 1.807) is 0 Å². The molecule has 0 spiro atoms. The summed E-state index contributed by atoms with van der Waals surface area (Å²) in [5.74, 6) is 4.14. The number of ether oxygens (including phenoxy) is 1. The molecule has 0 aliphatic carbocycles. The van der Waals surface area contributed by atoms with E-state index in [1.807, 2.05) is 6.92 Å². The van der Waals surface area contributed by atoms with Crippen LogP contribution in [0.5, 0.6) is 0 Å². The molecule has 0 aliphatic heterocycles. The maximum atomic E-state index is 13.7. The molecule has 1 aromatic rings. The molecule has 6 heteroatoms. The third-order valence-electron chi connectivity index (χ3n) is 2.35. The quantitative estimate of drug-likeness (QED) is 0.481. The Balaban J connectivity index is 2.81. The van der Waals surface area contributed by atoms with Crippen LogP contribution >= 0.6 is 15.9 Å². The van der Waals surface area contributed by atoms with E-state index in [4.69, 9.17) is 10.6 Å². The van der Waals surface area contributed by atoms with Gasteiger partial charge in [0.25, 0.3) is 0 Å². The summed E-state index contributed by atoms with van der Waals surface area (Å²) in [7, 11) is 0. The zero-order valence-electron chi connectivity index (χ0n) is 9.47. The minimum Gasteiger partial charge on any atom is -0.380 e. The molecule has 3 N–H and O–H groups in total. The molecular weight excluding hydrogens is 294 g/mol. The highest BCUT2D eigenvalue weighted by Gasteiger charge is 2.17. The van der Waals surface area contributed by atoms with E-state index in [1.165, 1.54) is 12.1 Å². The van der Waals surface area contributed by atoms with Crippen LogP contribution in [0.3, 0.4) is 0 Å². The summed E-state index contributed by atoms with van der Waals surface area (Å²) in [6.45, 7) is 2.67. The summed E-state index contributed by atoms with van der Waals surface area (Å²) >= 11 is 3.02. The topological polar surface area (TPSA) is 47.3 Å². The standard InChI is InChI=1S/C11H15BrF2N2O/c1-2-17-6-7(16-15)5-8-10(13)4-3-9(12)11(8)14/h3-4,7,16H,2,5-6,15H2,1H3. The molecule has 1 rings (SSSR count). The minimum absolute atomic E-state index is 0.00188. The van der Waals surface area contributed by atoms with Crippen LogP contribution in [-0.2, 0) is 11.2 Å². The van der Waals surface area contributed by atoms with Gasteiger partial charge in [-0.1, -0.05) is 0 Å². The average molecular weight is 309 g/mol. The van der Waals surface area contributed by atoms with Crippen molar-refractivity contribution in [3.05, 3.63) is 33.8 Å². The van der Waals surface area contributed by atoms with Gasteiger partial charge >= 0.3 is 0 Å². The summed E-state index contributed by atoms with van der Waals surface area (Å²) < 4.78 is 32.6. The Bertz CT molecular complexity index is 377. The minimum atomic E-state index is -0.596. The maximum absolute atomic E-state index is 13.7. The number of nitrogens with one attached hydrogen (secondary N) is 1. The molecule has 0 heterocycles. The van der Waals surface area contributed by atoms with Gasteiger partial charge in [-0.2, -0.15) is 0 Å². The van der Waals surface area contributed by atoms with E-state index < -0.39 is 11.6 Å². The monoisotopic (exact) mass is 308 g/mol. The van der Waals surface area contributed by atoms with Crippen LogP contribution in [0.25, 0.3) is 0 Å². The Kier molecular flexibility index (Phi) is 5.97.